The summed E-state index contributed by atoms with van der Waals surface area (Å²) in [5, 5.41) is 10.4. The smallest absolute Gasteiger partial charge is 0.222 e. The van der Waals surface area contributed by atoms with Crippen LogP contribution >= 0.6 is 11.3 Å². The van der Waals surface area contributed by atoms with Crippen molar-refractivity contribution in [1.82, 2.24) is 15.1 Å². The number of rotatable bonds is 4. The Balaban J connectivity index is 1.59. The van der Waals surface area contributed by atoms with Crippen molar-refractivity contribution in [3.8, 4) is 10.8 Å². The molecule has 2 aromatic rings. The molecule has 0 unspecified atom stereocenters. The average Bonchev–Trinajstić information content (AvgIpc) is 3.18. The first kappa shape index (κ1) is 15.2. The molecule has 0 N–H and O–H groups in total. The number of piperidine rings is 1. The molecule has 0 aromatic carbocycles. The summed E-state index contributed by atoms with van der Waals surface area (Å²) in [4.78, 5) is 14.1. The minimum Gasteiger partial charge on any atom is -0.462 e. The van der Waals surface area contributed by atoms with Gasteiger partial charge in [-0.25, -0.2) is 0 Å². The van der Waals surface area contributed by atoms with E-state index in [4.69, 9.17) is 4.42 Å². The van der Waals surface area contributed by atoms with Crippen LogP contribution in [0.15, 0.2) is 22.8 Å². The zero-order valence-corrected chi connectivity index (χ0v) is 13.8. The number of hydrogen-bond acceptors (Lipinski definition) is 5. The second kappa shape index (κ2) is 6.60. The molecular formula is C16H21N3O2S. The van der Waals surface area contributed by atoms with Crippen molar-refractivity contribution >= 4 is 17.2 Å². The van der Waals surface area contributed by atoms with Crippen LogP contribution in [0.1, 0.15) is 44.0 Å². The van der Waals surface area contributed by atoms with Crippen LogP contribution in [0.4, 0.5) is 0 Å². The van der Waals surface area contributed by atoms with Crippen molar-refractivity contribution in [3.63, 3.8) is 0 Å². The molecule has 1 aliphatic rings. The fourth-order valence-electron chi connectivity index (χ4n) is 2.75. The molecule has 0 spiro atoms. The molecule has 22 heavy (non-hydrogen) atoms. The molecule has 3 heterocycles. The lowest BCUT2D eigenvalue weighted by molar-refractivity contribution is -0.133. The number of carbonyl (C=O) groups excluding carboxylic acids is 1. The van der Waals surface area contributed by atoms with E-state index < -0.39 is 0 Å². The van der Waals surface area contributed by atoms with Gasteiger partial charge < -0.3 is 9.32 Å². The number of furan rings is 1. The molecule has 1 saturated heterocycles. The Bertz CT molecular complexity index is 613. The van der Waals surface area contributed by atoms with E-state index >= 15 is 0 Å². The predicted molar refractivity (Wildman–Crippen MR) is 85.6 cm³/mol. The lowest BCUT2D eigenvalue weighted by atomic mass is 9.97. The fraction of sp³-hybridized carbons (Fsp3) is 0.562. The first-order valence-corrected chi connectivity index (χ1v) is 8.60. The fourth-order valence-corrected chi connectivity index (χ4v) is 3.73. The first-order chi connectivity index (χ1) is 10.6. The average molecular weight is 319 g/mol. The first-order valence-electron chi connectivity index (χ1n) is 7.78. The van der Waals surface area contributed by atoms with Crippen molar-refractivity contribution < 1.29 is 9.21 Å². The van der Waals surface area contributed by atoms with E-state index in [1.54, 1.807) is 17.6 Å². The summed E-state index contributed by atoms with van der Waals surface area (Å²) in [7, 11) is 0. The zero-order chi connectivity index (χ0) is 15.5. The van der Waals surface area contributed by atoms with E-state index in [1.165, 1.54) is 0 Å². The Morgan fingerprint density at radius 1 is 1.41 bits per heavy atom. The third kappa shape index (κ3) is 3.38. The molecule has 0 aliphatic carbocycles. The van der Waals surface area contributed by atoms with Crippen LogP contribution in [0.2, 0.25) is 0 Å². The second-order valence-corrected chi connectivity index (χ2v) is 7.18. The van der Waals surface area contributed by atoms with Gasteiger partial charge in [-0.3, -0.25) is 4.79 Å². The van der Waals surface area contributed by atoms with E-state index in [-0.39, 0.29) is 5.91 Å². The third-order valence-electron chi connectivity index (χ3n) is 3.95. The lowest BCUT2D eigenvalue weighted by Gasteiger charge is -2.31. The number of nitrogens with zero attached hydrogens (tertiary/aromatic N) is 3. The van der Waals surface area contributed by atoms with Crippen molar-refractivity contribution in [2.45, 2.75) is 39.0 Å². The highest BCUT2D eigenvalue weighted by atomic mass is 32.1. The van der Waals surface area contributed by atoms with E-state index in [0.717, 1.165) is 41.7 Å². The van der Waals surface area contributed by atoms with Gasteiger partial charge in [0.25, 0.3) is 0 Å². The molecule has 1 aliphatic heterocycles. The maximum atomic E-state index is 12.1. The predicted octanol–water partition coefficient (Wildman–Crippen LogP) is 3.55. The van der Waals surface area contributed by atoms with Gasteiger partial charge >= 0.3 is 0 Å². The Labute approximate surface area is 134 Å². The molecule has 0 atom stereocenters. The number of likely N-dealkylation sites (tertiary alicyclic amines) is 1. The van der Waals surface area contributed by atoms with Crippen LogP contribution in [-0.4, -0.2) is 34.1 Å². The number of aromatic nitrogens is 2. The summed E-state index contributed by atoms with van der Waals surface area (Å²) in [5.41, 5.74) is 0. The Morgan fingerprint density at radius 3 is 2.82 bits per heavy atom. The third-order valence-corrected chi connectivity index (χ3v) is 5.05. The van der Waals surface area contributed by atoms with Gasteiger partial charge in [0.2, 0.25) is 5.91 Å². The maximum Gasteiger partial charge on any atom is 0.222 e. The molecule has 3 rings (SSSR count). The highest BCUT2D eigenvalue weighted by molar-refractivity contribution is 7.14. The zero-order valence-electron chi connectivity index (χ0n) is 13.0. The van der Waals surface area contributed by atoms with Crippen molar-refractivity contribution in [2.24, 2.45) is 5.92 Å². The molecule has 2 aromatic heterocycles. The highest BCUT2D eigenvalue weighted by Crippen LogP contribution is 2.33. The van der Waals surface area contributed by atoms with Crippen molar-refractivity contribution in [2.75, 3.05) is 13.1 Å². The van der Waals surface area contributed by atoms with Gasteiger partial charge in [-0.2, -0.15) is 0 Å². The van der Waals surface area contributed by atoms with Crippen molar-refractivity contribution in [1.29, 1.82) is 0 Å². The normalized spacial score (nSPS) is 16.4. The minimum absolute atomic E-state index is 0.280. The summed E-state index contributed by atoms with van der Waals surface area (Å²) in [6.07, 6.45) is 4.23. The van der Waals surface area contributed by atoms with Crippen LogP contribution in [0.3, 0.4) is 0 Å². The molecule has 5 nitrogen and oxygen atoms in total. The quantitative estimate of drug-likeness (QED) is 0.864. The number of amides is 1. The van der Waals surface area contributed by atoms with Crippen LogP contribution in [0.5, 0.6) is 0 Å². The van der Waals surface area contributed by atoms with Crippen LogP contribution in [-0.2, 0) is 4.79 Å². The summed E-state index contributed by atoms with van der Waals surface area (Å²) in [6, 6.07) is 3.76. The van der Waals surface area contributed by atoms with Crippen LogP contribution in [0.25, 0.3) is 10.8 Å². The molecule has 0 saturated carbocycles. The standard InChI is InChI=1S/C16H21N3O2S/c1-11(2)10-14(20)19-7-5-12(6-8-19)15-17-18-16(22-15)13-4-3-9-21-13/h3-4,9,11-12H,5-8,10H2,1-2H3. The minimum atomic E-state index is 0.280. The van der Waals surface area contributed by atoms with E-state index in [2.05, 4.69) is 24.0 Å². The van der Waals surface area contributed by atoms with E-state index in [0.29, 0.717) is 18.3 Å². The Kier molecular flexibility index (Phi) is 4.57. The molecule has 0 bridgehead atoms. The monoisotopic (exact) mass is 319 g/mol. The number of carbonyl (C=O) groups is 1. The SMILES string of the molecule is CC(C)CC(=O)N1CCC(c2nnc(-c3ccco3)s2)CC1. The van der Waals surface area contributed by atoms with Gasteiger partial charge in [0.1, 0.15) is 5.01 Å². The number of hydrogen-bond donors (Lipinski definition) is 0. The summed E-state index contributed by atoms with van der Waals surface area (Å²) in [6.45, 7) is 5.82. The Hall–Kier alpha value is -1.69. The maximum absolute atomic E-state index is 12.1. The summed E-state index contributed by atoms with van der Waals surface area (Å²) in [5.74, 6) is 1.88. The molecule has 0 radical (unpaired) electrons. The van der Waals surface area contributed by atoms with Gasteiger partial charge in [0.15, 0.2) is 10.8 Å². The topological polar surface area (TPSA) is 59.2 Å². The van der Waals surface area contributed by atoms with Gasteiger partial charge in [-0.1, -0.05) is 25.2 Å². The van der Waals surface area contributed by atoms with Gasteiger partial charge in [-0.15, -0.1) is 10.2 Å². The van der Waals surface area contributed by atoms with Gasteiger partial charge in [-0.05, 0) is 30.9 Å². The van der Waals surface area contributed by atoms with E-state index in [1.807, 2.05) is 17.0 Å². The molecular weight excluding hydrogens is 298 g/mol. The summed E-state index contributed by atoms with van der Waals surface area (Å²) >= 11 is 1.60. The van der Waals surface area contributed by atoms with Crippen LogP contribution < -0.4 is 0 Å². The van der Waals surface area contributed by atoms with Crippen LogP contribution in [0, 0.1) is 5.92 Å². The second-order valence-electron chi connectivity index (χ2n) is 6.18. The van der Waals surface area contributed by atoms with Crippen molar-refractivity contribution in [3.05, 3.63) is 23.4 Å². The van der Waals surface area contributed by atoms with Gasteiger partial charge in [0, 0.05) is 25.4 Å². The molecule has 1 fully saturated rings. The Morgan fingerprint density at radius 2 is 2.18 bits per heavy atom. The lowest BCUT2D eigenvalue weighted by Crippen LogP contribution is -2.38. The molecule has 1 amide bonds. The van der Waals surface area contributed by atoms with E-state index in [9.17, 15) is 4.79 Å². The molecule has 6 heteroatoms. The largest absolute Gasteiger partial charge is 0.462 e. The van der Waals surface area contributed by atoms with Gasteiger partial charge in [0.05, 0.1) is 6.26 Å². The summed E-state index contributed by atoms with van der Waals surface area (Å²) < 4.78 is 5.36. The highest BCUT2D eigenvalue weighted by Gasteiger charge is 2.26. The molecule has 118 valence electrons.